The van der Waals surface area contributed by atoms with Crippen molar-refractivity contribution in [3.05, 3.63) is 12.2 Å². The average molecular weight is 394 g/mol. The Balaban J connectivity index is 2.04. The van der Waals surface area contributed by atoms with E-state index in [1.54, 1.807) is 0 Å². The van der Waals surface area contributed by atoms with Gasteiger partial charge in [0.15, 0.2) is 0 Å². The second-order valence-corrected chi connectivity index (χ2v) is 8.94. The summed E-state index contributed by atoms with van der Waals surface area (Å²) in [5.74, 6) is -1.01. The van der Waals surface area contributed by atoms with Crippen molar-refractivity contribution in [1.29, 1.82) is 0 Å². The van der Waals surface area contributed by atoms with Gasteiger partial charge < -0.3 is 14.8 Å². The molecule has 1 saturated carbocycles. The normalized spacial score (nSPS) is 27.0. The Labute approximate surface area is 168 Å². The second-order valence-electron chi connectivity index (χ2n) is 8.94. The van der Waals surface area contributed by atoms with Crippen molar-refractivity contribution in [3.63, 3.8) is 0 Å². The maximum Gasteiger partial charge on any atom is 0.309 e. The number of ether oxygens (including phenoxy) is 2. The molecule has 158 valence electrons. The van der Waals surface area contributed by atoms with E-state index in [2.05, 4.69) is 5.32 Å². The lowest BCUT2D eigenvalue weighted by molar-refractivity contribution is -0.162. The van der Waals surface area contributed by atoms with E-state index in [0.717, 1.165) is 25.7 Å². The fraction of sp³-hybridized carbons (Fsp3) is 0.773. The monoisotopic (exact) mass is 393 g/mol. The van der Waals surface area contributed by atoms with E-state index in [1.165, 1.54) is 6.42 Å². The summed E-state index contributed by atoms with van der Waals surface area (Å²) >= 11 is 0. The second kappa shape index (κ2) is 10.6. The van der Waals surface area contributed by atoms with Gasteiger partial charge in [0.2, 0.25) is 5.91 Å². The maximum absolute atomic E-state index is 12.7. The molecule has 1 heterocycles. The third kappa shape index (κ3) is 8.03. The zero-order valence-electron chi connectivity index (χ0n) is 17.5. The number of esters is 2. The van der Waals surface area contributed by atoms with E-state index >= 15 is 0 Å². The summed E-state index contributed by atoms with van der Waals surface area (Å²) in [7, 11) is 0. The molecule has 1 N–H and O–H groups in total. The Bertz CT molecular complexity index is 572. The number of hydrogen-bond donors (Lipinski definition) is 1. The minimum atomic E-state index is -0.585. The van der Waals surface area contributed by atoms with Crippen molar-refractivity contribution < 1.29 is 23.9 Å². The molecular weight excluding hydrogens is 358 g/mol. The molecule has 1 aliphatic heterocycles. The molecule has 0 radical (unpaired) electrons. The summed E-state index contributed by atoms with van der Waals surface area (Å²) in [4.78, 5) is 37.1. The molecule has 1 fully saturated rings. The van der Waals surface area contributed by atoms with Gasteiger partial charge in [0.25, 0.3) is 0 Å². The standard InChI is InChI=1S/C22H35NO5/c1-22(2,3)28-20(25)14-17-12-8-5-9-13-19(24)23-18(15-27-21(17)26)16-10-6-4-7-11-16/h5,8,16-18H,4,6-7,9-15H2,1-3H3,(H,23,24)/b8-5+/t17-,18-/m0/s1. The van der Waals surface area contributed by atoms with Gasteiger partial charge in [0.1, 0.15) is 12.2 Å². The van der Waals surface area contributed by atoms with Gasteiger partial charge in [-0.3, -0.25) is 14.4 Å². The molecule has 0 aromatic rings. The fourth-order valence-corrected chi connectivity index (χ4v) is 3.84. The summed E-state index contributed by atoms with van der Waals surface area (Å²) < 4.78 is 10.9. The minimum absolute atomic E-state index is 0.000891. The smallest absolute Gasteiger partial charge is 0.309 e. The van der Waals surface area contributed by atoms with E-state index < -0.39 is 23.5 Å². The number of carbonyl (C=O) groups excluding carboxylic acids is 3. The molecule has 2 rings (SSSR count). The van der Waals surface area contributed by atoms with E-state index in [4.69, 9.17) is 9.47 Å². The van der Waals surface area contributed by atoms with Gasteiger partial charge in [-0.25, -0.2) is 0 Å². The average Bonchev–Trinajstić information content (AvgIpc) is 2.62. The molecule has 0 unspecified atom stereocenters. The van der Waals surface area contributed by atoms with Gasteiger partial charge in [-0.1, -0.05) is 31.4 Å². The van der Waals surface area contributed by atoms with Crippen LogP contribution >= 0.6 is 0 Å². The zero-order valence-corrected chi connectivity index (χ0v) is 17.5. The van der Waals surface area contributed by atoms with Crippen LogP contribution in [-0.2, 0) is 23.9 Å². The number of hydrogen-bond acceptors (Lipinski definition) is 5. The van der Waals surface area contributed by atoms with Crippen molar-refractivity contribution in [2.45, 2.75) is 90.2 Å². The predicted molar refractivity (Wildman–Crippen MR) is 106 cm³/mol. The van der Waals surface area contributed by atoms with Crippen LogP contribution in [0.5, 0.6) is 0 Å². The Morgan fingerprint density at radius 1 is 1.18 bits per heavy atom. The molecule has 2 aliphatic rings. The highest BCUT2D eigenvalue weighted by molar-refractivity contribution is 5.80. The van der Waals surface area contributed by atoms with Gasteiger partial charge >= 0.3 is 11.9 Å². The topological polar surface area (TPSA) is 81.7 Å². The molecule has 6 heteroatoms. The zero-order chi connectivity index (χ0) is 20.6. The number of cyclic esters (lactones) is 1. The van der Waals surface area contributed by atoms with Crippen molar-refractivity contribution in [2.24, 2.45) is 11.8 Å². The maximum atomic E-state index is 12.7. The molecular formula is C22H35NO5. The Kier molecular flexibility index (Phi) is 8.52. The van der Waals surface area contributed by atoms with Gasteiger partial charge in [-0.2, -0.15) is 0 Å². The van der Waals surface area contributed by atoms with Crippen LogP contribution in [0.15, 0.2) is 12.2 Å². The first-order chi connectivity index (χ1) is 13.2. The van der Waals surface area contributed by atoms with Crippen LogP contribution in [0.2, 0.25) is 0 Å². The largest absolute Gasteiger partial charge is 0.463 e. The van der Waals surface area contributed by atoms with Crippen LogP contribution in [0, 0.1) is 11.8 Å². The van der Waals surface area contributed by atoms with Crippen LogP contribution in [0.3, 0.4) is 0 Å². The van der Waals surface area contributed by atoms with Gasteiger partial charge in [-0.05, 0) is 52.4 Å². The number of allylic oxidation sites excluding steroid dienone is 2. The van der Waals surface area contributed by atoms with E-state index in [-0.39, 0.29) is 25.0 Å². The summed E-state index contributed by atoms with van der Waals surface area (Å²) in [6.45, 7) is 5.59. The molecule has 0 aromatic carbocycles. The Morgan fingerprint density at radius 2 is 1.89 bits per heavy atom. The van der Waals surface area contributed by atoms with E-state index in [0.29, 0.717) is 25.2 Å². The van der Waals surface area contributed by atoms with Crippen molar-refractivity contribution in [2.75, 3.05) is 6.61 Å². The molecule has 1 aliphatic carbocycles. The first-order valence-corrected chi connectivity index (χ1v) is 10.6. The Hall–Kier alpha value is -1.85. The molecule has 0 bridgehead atoms. The molecule has 0 saturated heterocycles. The molecule has 28 heavy (non-hydrogen) atoms. The van der Waals surface area contributed by atoms with Crippen molar-refractivity contribution >= 4 is 17.8 Å². The molecule has 6 nitrogen and oxygen atoms in total. The fourth-order valence-electron chi connectivity index (χ4n) is 3.84. The third-order valence-corrected chi connectivity index (χ3v) is 5.26. The summed E-state index contributed by atoms with van der Waals surface area (Å²) in [6.07, 6.45) is 10.8. The lowest BCUT2D eigenvalue weighted by atomic mass is 9.84. The van der Waals surface area contributed by atoms with E-state index in [1.807, 2.05) is 32.9 Å². The number of amides is 1. The first kappa shape index (κ1) is 22.4. The van der Waals surface area contributed by atoms with Crippen LogP contribution in [-0.4, -0.2) is 36.1 Å². The molecule has 0 spiro atoms. The molecule has 0 aromatic heterocycles. The highest BCUT2D eigenvalue weighted by Gasteiger charge is 2.30. The first-order valence-electron chi connectivity index (χ1n) is 10.6. The predicted octanol–water partition coefficient (Wildman–Crippen LogP) is 3.68. The van der Waals surface area contributed by atoms with Crippen LogP contribution in [0.4, 0.5) is 0 Å². The Morgan fingerprint density at radius 3 is 2.57 bits per heavy atom. The van der Waals surface area contributed by atoms with Gasteiger partial charge in [-0.15, -0.1) is 0 Å². The quantitative estimate of drug-likeness (QED) is 0.584. The number of nitrogens with one attached hydrogen (secondary N) is 1. The summed E-state index contributed by atoms with van der Waals surface area (Å²) in [5, 5.41) is 3.07. The number of rotatable bonds is 3. The van der Waals surface area contributed by atoms with Gasteiger partial charge in [0.05, 0.1) is 18.4 Å². The molecule has 1 amide bonds. The van der Waals surface area contributed by atoms with Crippen LogP contribution < -0.4 is 5.32 Å². The SMILES string of the molecule is CC(C)(C)OC(=O)C[C@@H]1C/C=C/CCC(=O)N[C@H](C2CCCCC2)COC1=O. The number of carbonyl (C=O) groups is 3. The van der Waals surface area contributed by atoms with Crippen LogP contribution in [0.25, 0.3) is 0 Å². The van der Waals surface area contributed by atoms with E-state index in [9.17, 15) is 14.4 Å². The lowest BCUT2D eigenvalue weighted by Crippen LogP contribution is -2.45. The minimum Gasteiger partial charge on any atom is -0.463 e. The highest BCUT2D eigenvalue weighted by Crippen LogP contribution is 2.27. The lowest BCUT2D eigenvalue weighted by Gasteiger charge is -2.31. The third-order valence-electron chi connectivity index (χ3n) is 5.26. The summed E-state index contributed by atoms with van der Waals surface area (Å²) in [5.41, 5.74) is -0.585. The van der Waals surface area contributed by atoms with Gasteiger partial charge in [0, 0.05) is 6.42 Å². The highest BCUT2D eigenvalue weighted by atomic mass is 16.6. The summed E-state index contributed by atoms with van der Waals surface area (Å²) in [6, 6.07) is -0.151. The van der Waals surface area contributed by atoms with Crippen molar-refractivity contribution in [3.8, 4) is 0 Å². The molecule has 2 atom stereocenters. The van der Waals surface area contributed by atoms with Crippen LogP contribution in [0.1, 0.15) is 78.6 Å². The van der Waals surface area contributed by atoms with Crippen molar-refractivity contribution in [1.82, 2.24) is 5.32 Å².